The molecule has 0 aliphatic heterocycles. The molecule has 3 saturated carbocycles. The molecule has 0 amide bonds. The third-order valence-corrected chi connectivity index (χ3v) is 8.86. The standard InChI is InChI=1S/C22H33ClO4/c1-7-20(4)12-16(27-19(23)25)21(5)13(2)8-10-22(14(3)18(20)24)11-9-15(26-6)17(21)22/h7,13-17H,1,8-12H2,2-6H3/t13-,14+,15-,16-,17+,20-,21+,22+/m1/s1. The average molecular weight is 397 g/mol. The fraction of sp³-hybridized carbons (Fsp3) is 0.818. The van der Waals surface area contributed by atoms with Gasteiger partial charge in [0, 0.05) is 47.8 Å². The molecule has 0 spiro atoms. The maximum absolute atomic E-state index is 13.6. The Morgan fingerprint density at radius 3 is 2.44 bits per heavy atom. The zero-order valence-electron chi connectivity index (χ0n) is 17.2. The number of carbonyl (C=O) groups excluding carboxylic acids is 2. The largest absolute Gasteiger partial charge is 0.450 e. The summed E-state index contributed by atoms with van der Waals surface area (Å²) in [5, 5.41) is 0. The Morgan fingerprint density at radius 2 is 1.89 bits per heavy atom. The van der Waals surface area contributed by atoms with Crippen molar-refractivity contribution in [2.75, 3.05) is 7.11 Å². The first-order valence-electron chi connectivity index (χ1n) is 10.1. The minimum absolute atomic E-state index is 0.0672. The number of rotatable bonds is 3. The lowest BCUT2D eigenvalue weighted by molar-refractivity contribution is -0.187. The average Bonchev–Trinajstić information content (AvgIpc) is 3.02. The third-order valence-electron chi connectivity index (χ3n) is 8.77. The van der Waals surface area contributed by atoms with E-state index in [1.807, 2.05) is 6.92 Å². The predicted octanol–water partition coefficient (Wildman–Crippen LogP) is 5.38. The number of ether oxygens (including phenoxy) is 2. The first kappa shape index (κ1) is 20.9. The Bertz CT molecular complexity index is 648. The highest BCUT2D eigenvalue weighted by molar-refractivity contribution is 6.61. The summed E-state index contributed by atoms with van der Waals surface area (Å²) in [7, 11) is 1.76. The van der Waals surface area contributed by atoms with Crippen LogP contribution in [0.4, 0.5) is 4.79 Å². The summed E-state index contributed by atoms with van der Waals surface area (Å²) in [4.78, 5) is 25.4. The summed E-state index contributed by atoms with van der Waals surface area (Å²) in [6.07, 6.45) is 5.72. The van der Waals surface area contributed by atoms with E-state index in [0.29, 0.717) is 12.3 Å². The van der Waals surface area contributed by atoms with Crippen molar-refractivity contribution < 1.29 is 19.1 Å². The molecule has 0 aromatic heterocycles. The first-order valence-corrected chi connectivity index (χ1v) is 10.5. The van der Waals surface area contributed by atoms with Crippen LogP contribution in [0.5, 0.6) is 0 Å². The van der Waals surface area contributed by atoms with Crippen molar-refractivity contribution in [3.8, 4) is 0 Å². The highest BCUT2D eigenvalue weighted by atomic mass is 35.5. The molecule has 3 rings (SSSR count). The van der Waals surface area contributed by atoms with Crippen molar-refractivity contribution in [3.63, 3.8) is 0 Å². The maximum atomic E-state index is 13.6. The van der Waals surface area contributed by atoms with Crippen LogP contribution in [-0.2, 0) is 14.3 Å². The maximum Gasteiger partial charge on any atom is 0.404 e. The Kier molecular flexibility index (Phi) is 5.31. The fourth-order valence-electron chi connectivity index (χ4n) is 6.91. The van der Waals surface area contributed by atoms with Crippen molar-refractivity contribution in [1.82, 2.24) is 0 Å². The zero-order chi connectivity index (χ0) is 20.2. The quantitative estimate of drug-likeness (QED) is 0.474. The van der Waals surface area contributed by atoms with Crippen molar-refractivity contribution in [2.24, 2.45) is 34.0 Å². The Morgan fingerprint density at radius 1 is 1.26 bits per heavy atom. The molecule has 0 radical (unpaired) electrons. The van der Waals surface area contributed by atoms with Gasteiger partial charge in [-0.25, -0.2) is 4.79 Å². The van der Waals surface area contributed by atoms with Gasteiger partial charge in [0.2, 0.25) is 0 Å². The molecule has 0 heterocycles. The molecule has 3 aliphatic rings. The normalized spacial score (nSPS) is 49.7. The van der Waals surface area contributed by atoms with Crippen LogP contribution in [0.3, 0.4) is 0 Å². The Hall–Kier alpha value is -0.870. The summed E-state index contributed by atoms with van der Waals surface area (Å²) >= 11 is 5.70. The second-order valence-electron chi connectivity index (χ2n) is 9.59. The van der Waals surface area contributed by atoms with Gasteiger partial charge in [0.15, 0.2) is 0 Å². The summed E-state index contributed by atoms with van der Waals surface area (Å²) in [6.45, 7) is 12.4. The number of ketones is 1. The lowest BCUT2D eigenvalue weighted by Crippen LogP contribution is -2.62. The molecule has 3 aliphatic carbocycles. The topological polar surface area (TPSA) is 52.6 Å². The minimum Gasteiger partial charge on any atom is -0.450 e. The van der Waals surface area contributed by atoms with Crippen LogP contribution in [0.2, 0.25) is 0 Å². The van der Waals surface area contributed by atoms with Crippen LogP contribution in [0, 0.1) is 34.0 Å². The Labute approximate surface area is 168 Å². The van der Waals surface area contributed by atoms with Crippen molar-refractivity contribution in [1.29, 1.82) is 0 Å². The smallest absolute Gasteiger partial charge is 0.404 e. The van der Waals surface area contributed by atoms with E-state index in [4.69, 9.17) is 21.1 Å². The number of allylic oxidation sites excluding steroid dienone is 1. The molecule has 0 saturated heterocycles. The van der Waals surface area contributed by atoms with Gasteiger partial charge in [-0.3, -0.25) is 4.79 Å². The van der Waals surface area contributed by atoms with Crippen LogP contribution in [0.15, 0.2) is 12.7 Å². The second kappa shape index (κ2) is 6.88. The SMILES string of the molecule is C=C[C@]1(C)C[C@@H](OC(=O)Cl)[C@]2(C)[C@H](C)CC[C@]3(CC[C@@H](OC)[C@H]32)[C@@H](C)C1=O. The van der Waals surface area contributed by atoms with E-state index in [1.54, 1.807) is 13.2 Å². The van der Waals surface area contributed by atoms with Gasteiger partial charge < -0.3 is 9.47 Å². The number of carbonyl (C=O) groups is 2. The Balaban J connectivity index is 2.24. The van der Waals surface area contributed by atoms with Crippen molar-refractivity contribution in [2.45, 2.75) is 72.0 Å². The fourth-order valence-corrected chi connectivity index (χ4v) is 7.01. The predicted molar refractivity (Wildman–Crippen MR) is 106 cm³/mol. The second-order valence-corrected chi connectivity index (χ2v) is 9.89. The van der Waals surface area contributed by atoms with Crippen LogP contribution >= 0.6 is 11.6 Å². The van der Waals surface area contributed by atoms with Gasteiger partial charge in [-0.1, -0.05) is 26.8 Å². The molecule has 0 N–H and O–H groups in total. The minimum atomic E-state index is -0.802. The number of methoxy groups -OCH3 is 1. The van der Waals surface area contributed by atoms with E-state index in [-0.39, 0.29) is 34.6 Å². The van der Waals surface area contributed by atoms with Crippen LogP contribution in [0.25, 0.3) is 0 Å². The van der Waals surface area contributed by atoms with E-state index >= 15 is 0 Å². The molecule has 0 aromatic carbocycles. The molecule has 27 heavy (non-hydrogen) atoms. The highest BCUT2D eigenvalue weighted by Crippen LogP contribution is 2.68. The zero-order valence-corrected chi connectivity index (χ0v) is 18.0. The molecular formula is C22H33ClO4. The summed E-state index contributed by atoms with van der Waals surface area (Å²) in [5.41, 5.74) is -1.97. The molecule has 2 bridgehead atoms. The van der Waals surface area contributed by atoms with Gasteiger partial charge in [-0.05, 0) is 43.9 Å². The molecule has 152 valence electrons. The van der Waals surface area contributed by atoms with Crippen LogP contribution < -0.4 is 0 Å². The van der Waals surface area contributed by atoms with Crippen molar-refractivity contribution in [3.05, 3.63) is 12.7 Å². The number of hydrogen-bond acceptors (Lipinski definition) is 4. The van der Waals surface area contributed by atoms with Gasteiger partial charge in [0.25, 0.3) is 0 Å². The van der Waals surface area contributed by atoms with Gasteiger partial charge in [0.1, 0.15) is 11.9 Å². The number of halogens is 1. The van der Waals surface area contributed by atoms with E-state index in [0.717, 1.165) is 25.7 Å². The monoisotopic (exact) mass is 396 g/mol. The first-order chi connectivity index (χ1) is 12.6. The van der Waals surface area contributed by atoms with Crippen molar-refractivity contribution >= 4 is 22.8 Å². The van der Waals surface area contributed by atoms with Crippen LogP contribution in [0.1, 0.15) is 59.8 Å². The molecule has 5 heteroatoms. The van der Waals surface area contributed by atoms with Gasteiger partial charge in [-0.15, -0.1) is 6.58 Å². The summed E-state index contributed by atoms with van der Waals surface area (Å²) in [5.74, 6) is 0.617. The van der Waals surface area contributed by atoms with Crippen LogP contribution in [-0.4, -0.2) is 30.5 Å². The van der Waals surface area contributed by atoms with Gasteiger partial charge >= 0.3 is 5.43 Å². The van der Waals surface area contributed by atoms with E-state index in [9.17, 15) is 9.59 Å². The number of Topliss-reactive ketones (excluding diaryl/α,β-unsaturated/α-hetero) is 1. The number of hydrogen-bond donors (Lipinski definition) is 0. The summed E-state index contributed by atoms with van der Waals surface area (Å²) in [6, 6.07) is 0. The molecule has 8 atom stereocenters. The molecule has 0 aromatic rings. The lowest BCUT2D eigenvalue weighted by atomic mass is 9.44. The molecule has 3 fully saturated rings. The van der Waals surface area contributed by atoms with E-state index in [2.05, 4.69) is 27.4 Å². The molecule has 4 nitrogen and oxygen atoms in total. The molecular weight excluding hydrogens is 364 g/mol. The summed E-state index contributed by atoms with van der Waals surface area (Å²) < 4.78 is 11.7. The highest BCUT2D eigenvalue weighted by Gasteiger charge is 2.68. The lowest BCUT2D eigenvalue weighted by Gasteiger charge is -2.61. The molecule has 0 unspecified atom stereocenters. The van der Waals surface area contributed by atoms with E-state index in [1.165, 1.54) is 0 Å². The third kappa shape index (κ3) is 2.81. The van der Waals surface area contributed by atoms with E-state index < -0.39 is 16.9 Å². The van der Waals surface area contributed by atoms with Gasteiger partial charge in [-0.2, -0.15) is 0 Å². The van der Waals surface area contributed by atoms with Gasteiger partial charge in [0.05, 0.1) is 6.10 Å².